The number of hydrogen-bond acceptors (Lipinski definition) is 2. The van der Waals surface area contributed by atoms with Crippen LogP contribution in [0.25, 0.3) is 0 Å². The molecule has 0 aromatic heterocycles. The van der Waals surface area contributed by atoms with Crippen LogP contribution in [0.4, 0.5) is 0 Å². The number of benzene rings is 1. The summed E-state index contributed by atoms with van der Waals surface area (Å²) in [6.45, 7) is 7.93. The van der Waals surface area contributed by atoms with E-state index in [9.17, 15) is 4.79 Å². The molecule has 1 aliphatic carbocycles. The van der Waals surface area contributed by atoms with Gasteiger partial charge in [-0.3, -0.25) is 4.79 Å². The smallest absolute Gasteiger partial charge is 0.248 e. The van der Waals surface area contributed by atoms with Gasteiger partial charge in [-0.15, -0.1) is 0 Å². The van der Waals surface area contributed by atoms with Gasteiger partial charge in [-0.05, 0) is 39.7 Å². The van der Waals surface area contributed by atoms with E-state index in [0.717, 1.165) is 23.3 Å². The Morgan fingerprint density at radius 1 is 1.35 bits per heavy atom. The maximum absolute atomic E-state index is 12.1. The molecule has 1 amide bonds. The van der Waals surface area contributed by atoms with Gasteiger partial charge in [-0.1, -0.05) is 55.6 Å². The van der Waals surface area contributed by atoms with Gasteiger partial charge in [0.1, 0.15) is 0 Å². The molecule has 0 bridgehead atoms. The highest BCUT2D eigenvalue weighted by molar-refractivity contribution is 9.25. The highest BCUT2D eigenvalue weighted by atomic mass is 79.9. The predicted molar refractivity (Wildman–Crippen MR) is 89.6 cm³/mol. The number of nitrogens with zero attached hydrogens (tertiary/aromatic N) is 1. The third-order valence-corrected chi connectivity index (χ3v) is 6.17. The van der Waals surface area contributed by atoms with E-state index < -0.39 is 5.41 Å². The van der Waals surface area contributed by atoms with Crippen LogP contribution in [0, 0.1) is 19.3 Å². The van der Waals surface area contributed by atoms with Gasteiger partial charge in [0.2, 0.25) is 5.91 Å². The van der Waals surface area contributed by atoms with Gasteiger partial charge >= 0.3 is 0 Å². The van der Waals surface area contributed by atoms with E-state index in [1.165, 1.54) is 5.56 Å². The number of nitrogens with one attached hydrogen (secondary N) is 1. The second-order valence-electron chi connectivity index (χ2n) is 5.67. The van der Waals surface area contributed by atoms with Crippen molar-refractivity contribution in [1.29, 1.82) is 0 Å². The van der Waals surface area contributed by atoms with Crippen molar-refractivity contribution in [3.05, 3.63) is 34.9 Å². The number of hydrogen-bond donors (Lipinski definition) is 1. The van der Waals surface area contributed by atoms with Crippen molar-refractivity contribution in [3.63, 3.8) is 0 Å². The second kappa shape index (κ2) is 5.26. The fraction of sp³-hybridized carbons (Fsp3) is 0.467. The molecule has 1 N–H and O–H groups in total. The summed E-state index contributed by atoms with van der Waals surface area (Å²) in [7, 11) is 0. The van der Waals surface area contributed by atoms with E-state index >= 15 is 0 Å². The number of hydrazone groups is 1. The van der Waals surface area contributed by atoms with E-state index in [2.05, 4.69) is 55.4 Å². The maximum atomic E-state index is 12.1. The van der Waals surface area contributed by atoms with Crippen LogP contribution < -0.4 is 5.43 Å². The third-order valence-electron chi connectivity index (χ3n) is 3.86. The number of alkyl halides is 2. The fourth-order valence-electron chi connectivity index (χ4n) is 2.18. The Morgan fingerprint density at radius 2 is 1.95 bits per heavy atom. The topological polar surface area (TPSA) is 41.5 Å². The standard InChI is InChI=1S/C15H18Br2N2O/c1-9-5-6-12(10(2)7-9)11(3)18-19-13(20)14(4)8-15(14,16)17/h5-7H,8H2,1-4H3,(H,19,20)/b18-11-/t14-/m0/s1. The SMILES string of the molecule is C/C(=N/NC(=O)[C@]1(C)CC1(Br)Br)c1ccc(C)cc1C. The third kappa shape index (κ3) is 2.84. The van der Waals surface area contributed by atoms with Gasteiger partial charge in [-0.2, -0.15) is 5.10 Å². The Hall–Kier alpha value is -0.680. The fourth-order valence-corrected chi connectivity index (χ4v) is 3.67. The normalized spacial score (nSPS) is 24.4. The summed E-state index contributed by atoms with van der Waals surface area (Å²) < 4.78 is -0.291. The lowest BCUT2D eigenvalue weighted by Crippen LogP contribution is -2.30. The molecule has 1 aromatic carbocycles. The zero-order valence-corrected chi connectivity index (χ0v) is 15.2. The molecular weight excluding hydrogens is 384 g/mol. The highest BCUT2D eigenvalue weighted by Crippen LogP contribution is 2.66. The summed E-state index contributed by atoms with van der Waals surface area (Å²) in [6.07, 6.45) is 0.754. The molecule has 3 nitrogen and oxygen atoms in total. The number of carbonyl (C=O) groups is 1. The summed E-state index contributed by atoms with van der Waals surface area (Å²) in [6, 6.07) is 6.20. The average molecular weight is 402 g/mol. The van der Waals surface area contributed by atoms with E-state index in [4.69, 9.17) is 0 Å². The summed E-state index contributed by atoms with van der Waals surface area (Å²) in [5, 5.41) is 4.23. The van der Waals surface area contributed by atoms with Crippen LogP contribution >= 0.6 is 31.9 Å². The molecule has 0 spiro atoms. The lowest BCUT2D eigenvalue weighted by molar-refractivity contribution is -0.125. The molecule has 108 valence electrons. The molecule has 1 atom stereocenters. The molecule has 20 heavy (non-hydrogen) atoms. The number of aryl methyl sites for hydroxylation is 2. The second-order valence-corrected chi connectivity index (χ2v) is 9.44. The summed E-state index contributed by atoms with van der Waals surface area (Å²) in [5.74, 6) is -0.0737. The summed E-state index contributed by atoms with van der Waals surface area (Å²) in [4.78, 5) is 12.1. The van der Waals surface area contributed by atoms with Crippen molar-refractivity contribution in [2.24, 2.45) is 10.5 Å². The van der Waals surface area contributed by atoms with Crippen LogP contribution in [-0.2, 0) is 4.79 Å². The highest BCUT2D eigenvalue weighted by Gasteiger charge is 2.66. The van der Waals surface area contributed by atoms with E-state index in [0.29, 0.717) is 0 Å². The first-order valence-electron chi connectivity index (χ1n) is 6.47. The minimum absolute atomic E-state index is 0.0737. The summed E-state index contributed by atoms with van der Waals surface area (Å²) >= 11 is 6.98. The first-order valence-corrected chi connectivity index (χ1v) is 8.06. The van der Waals surface area contributed by atoms with Gasteiger partial charge in [-0.25, -0.2) is 5.43 Å². The minimum Gasteiger partial charge on any atom is -0.272 e. The van der Waals surface area contributed by atoms with E-state index in [1.54, 1.807) is 0 Å². The molecular formula is C15H18Br2N2O. The predicted octanol–water partition coefficient (Wildman–Crippen LogP) is 4.04. The van der Waals surface area contributed by atoms with Crippen molar-refractivity contribution in [2.45, 2.75) is 37.3 Å². The van der Waals surface area contributed by atoms with Crippen molar-refractivity contribution in [1.82, 2.24) is 5.43 Å². The lowest BCUT2D eigenvalue weighted by atomic mass is 10.0. The monoisotopic (exact) mass is 400 g/mol. The first-order chi connectivity index (χ1) is 9.17. The van der Waals surface area contributed by atoms with E-state index in [-0.39, 0.29) is 9.14 Å². The van der Waals surface area contributed by atoms with Gasteiger partial charge < -0.3 is 0 Å². The Morgan fingerprint density at radius 3 is 2.45 bits per heavy atom. The van der Waals surface area contributed by atoms with Gasteiger partial charge in [0.15, 0.2) is 0 Å². The number of rotatable bonds is 3. The van der Waals surface area contributed by atoms with Crippen molar-refractivity contribution in [2.75, 3.05) is 0 Å². The van der Waals surface area contributed by atoms with Crippen LogP contribution in [0.5, 0.6) is 0 Å². The Labute approximate surface area is 136 Å². The molecule has 0 aliphatic heterocycles. The molecule has 0 heterocycles. The maximum Gasteiger partial charge on any atom is 0.248 e. The minimum atomic E-state index is -0.445. The van der Waals surface area contributed by atoms with Gasteiger partial charge in [0.05, 0.1) is 14.4 Å². The van der Waals surface area contributed by atoms with Crippen LogP contribution in [0.15, 0.2) is 23.3 Å². The number of amides is 1. The van der Waals surface area contributed by atoms with Crippen molar-refractivity contribution < 1.29 is 4.79 Å². The molecule has 1 fully saturated rings. The Balaban J connectivity index is 2.10. The average Bonchev–Trinajstić information content (AvgIpc) is 2.86. The lowest BCUT2D eigenvalue weighted by Gasteiger charge is -2.11. The Bertz CT molecular complexity index is 596. The number of halogens is 2. The molecule has 1 aromatic rings. The first kappa shape index (κ1) is 15.7. The zero-order chi connectivity index (χ0) is 15.1. The van der Waals surface area contributed by atoms with Crippen LogP contribution in [0.2, 0.25) is 0 Å². The van der Waals surface area contributed by atoms with Gasteiger partial charge in [0, 0.05) is 5.56 Å². The zero-order valence-electron chi connectivity index (χ0n) is 12.1. The summed E-state index contributed by atoms with van der Waals surface area (Å²) in [5.41, 5.74) is 6.48. The molecule has 0 saturated heterocycles. The van der Waals surface area contributed by atoms with E-state index in [1.807, 2.05) is 32.9 Å². The quantitative estimate of drug-likeness (QED) is 0.463. The molecule has 0 radical (unpaired) electrons. The Kier molecular flexibility index (Phi) is 4.13. The molecule has 5 heteroatoms. The molecule has 0 unspecified atom stereocenters. The largest absolute Gasteiger partial charge is 0.272 e. The van der Waals surface area contributed by atoms with Gasteiger partial charge in [0.25, 0.3) is 0 Å². The molecule has 1 aliphatic rings. The number of carbonyl (C=O) groups excluding carboxylic acids is 1. The van der Waals surface area contributed by atoms with Crippen LogP contribution in [0.3, 0.4) is 0 Å². The van der Waals surface area contributed by atoms with Crippen LogP contribution in [0.1, 0.15) is 37.0 Å². The van der Waals surface area contributed by atoms with Crippen molar-refractivity contribution in [3.8, 4) is 0 Å². The van der Waals surface area contributed by atoms with Crippen molar-refractivity contribution >= 4 is 43.5 Å². The molecule has 2 rings (SSSR count). The molecule has 1 saturated carbocycles. The van der Waals surface area contributed by atoms with Crippen LogP contribution in [-0.4, -0.2) is 14.9 Å².